The Kier molecular flexibility index (Phi) is 8.95. The molecule has 0 bridgehead atoms. The van der Waals surface area contributed by atoms with Crippen LogP contribution in [0.5, 0.6) is 0 Å². The van der Waals surface area contributed by atoms with Gasteiger partial charge in [0.15, 0.2) is 0 Å². The minimum absolute atomic E-state index is 0.164. The monoisotopic (exact) mass is 870 g/mol. The van der Waals surface area contributed by atoms with Crippen LogP contribution in [0.3, 0.4) is 0 Å². The summed E-state index contributed by atoms with van der Waals surface area (Å²) >= 11 is 0. The summed E-state index contributed by atoms with van der Waals surface area (Å²) in [4.78, 5) is 5.00. The van der Waals surface area contributed by atoms with Gasteiger partial charge < -0.3 is 9.80 Å². The first kappa shape index (κ1) is 40.1. The second-order valence-corrected chi connectivity index (χ2v) is 19.6. The first-order valence-electron chi connectivity index (χ1n) is 23.9. The van der Waals surface area contributed by atoms with E-state index in [4.69, 9.17) is 0 Å². The second kappa shape index (κ2) is 15.2. The molecule has 0 saturated carbocycles. The van der Waals surface area contributed by atoms with Gasteiger partial charge in [0.1, 0.15) is 0 Å². The van der Waals surface area contributed by atoms with Crippen molar-refractivity contribution in [2.45, 2.75) is 38.5 Å². The topological polar surface area (TPSA) is 6.48 Å². The van der Waals surface area contributed by atoms with Crippen molar-refractivity contribution in [2.75, 3.05) is 9.80 Å². The molecule has 2 heteroatoms. The van der Waals surface area contributed by atoms with Gasteiger partial charge >= 0.3 is 0 Å². The molecule has 0 aliphatic carbocycles. The van der Waals surface area contributed by atoms with Gasteiger partial charge in [0.25, 0.3) is 0 Å². The highest BCUT2D eigenvalue weighted by Gasteiger charge is 2.38. The second-order valence-electron chi connectivity index (χ2n) is 19.6. The predicted molar refractivity (Wildman–Crippen MR) is 289 cm³/mol. The Bertz CT molecular complexity index is 3690. The van der Waals surface area contributed by atoms with Crippen LogP contribution in [0.4, 0.5) is 34.1 Å². The largest absolute Gasteiger partial charge is 0.310 e. The highest BCUT2D eigenvalue weighted by atomic mass is 15.2. The fraction of sp³-hybridized carbons (Fsp3) is 0.0909. The average Bonchev–Trinajstić information content (AvgIpc) is 3.39. The van der Waals surface area contributed by atoms with Crippen LogP contribution in [0.15, 0.2) is 231 Å². The van der Waals surface area contributed by atoms with E-state index in [9.17, 15) is 0 Å². The summed E-state index contributed by atoms with van der Waals surface area (Å²) < 4.78 is 0. The third kappa shape index (κ3) is 5.90. The highest BCUT2D eigenvalue weighted by Crippen LogP contribution is 2.56. The van der Waals surface area contributed by atoms with Gasteiger partial charge in [-0.05, 0) is 143 Å². The maximum Gasteiger partial charge on any atom is 0.0502 e. The standard InChI is InChI=1S/C66H50N2/c1-65(2)54-28-14-18-32-58(54)67(59-33-19-15-29-55(59)65)46-36-38-48-52(40-46)53-41-47(68-60-34-20-16-30-56(60)66(3,4)57-31-17-21-35-61(57)68)37-39-49(53)64-62(45-26-12-7-13-27-45)50(43-22-8-5-9-23-43)42-51(63(48)64)44-24-10-6-11-25-44/h5-42H,1-4H3. The lowest BCUT2D eigenvalue weighted by Gasteiger charge is -2.42. The molecule has 13 rings (SSSR count). The van der Waals surface area contributed by atoms with Gasteiger partial charge in [-0.15, -0.1) is 0 Å². The van der Waals surface area contributed by atoms with Crippen LogP contribution in [0.2, 0.25) is 0 Å². The molecule has 0 unspecified atom stereocenters. The van der Waals surface area contributed by atoms with Crippen molar-refractivity contribution >= 4 is 66.4 Å². The molecule has 68 heavy (non-hydrogen) atoms. The predicted octanol–water partition coefficient (Wildman–Crippen LogP) is 18.4. The summed E-state index contributed by atoms with van der Waals surface area (Å²) in [5.41, 5.74) is 19.4. The van der Waals surface area contributed by atoms with Crippen LogP contribution in [-0.4, -0.2) is 0 Å². The zero-order valence-electron chi connectivity index (χ0n) is 38.8. The Labute approximate surface area is 399 Å². The molecule has 324 valence electrons. The van der Waals surface area contributed by atoms with Gasteiger partial charge in [-0.25, -0.2) is 0 Å². The Balaban J connectivity index is 1.20. The minimum Gasteiger partial charge on any atom is -0.310 e. The molecule has 2 nitrogen and oxygen atoms in total. The average molecular weight is 871 g/mol. The van der Waals surface area contributed by atoms with E-state index in [1.807, 2.05) is 0 Å². The van der Waals surface area contributed by atoms with Crippen molar-refractivity contribution in [2.24, 2.45) is 0 Å². The first-order chi connectivity index (χ1) is 33.3. The number of anilines is 6. The number of para-hydroxylation sites is 4. The van der Waals surface area contributed by atoms with E-state index < -0.39 is 0 Å². The van der Waals surface area contributed by atoms with Crippen LogP contribution in [0, 0.1) is 0 Å². The first-order valence-corrected chi connectivity index (χ1v) is 23.9. The van der Waals surface area contributed by atoms with Crippen molar-refractivity contribution in [3.8, 4) is 33.4 Å². The van der Waals surface area contributed by atoms with E-state index in [0.717, 1.165) is 11.4 Å². The zero-order valence-corrected chi connectivity index (χ0v) is 38.8. The fourth-order valence-electron chi connectivity index (χ4n) is 11.9. The molecular formula is C66H50N2. The SMILES string of the molecule is CC1(C)c2ccccc2N(c2ccc3c(c2)c2cc(N4c5ccccc5C(C)(C)c5ccccc54)ccc2c2c(-c4ccccc4)c(-c4ccccc4)cc(-c4ccccc4)c32)c2ccccc21. The summed E-state index contributed by atoms with van der Waals surface area (Å²) in [7, 11) is 0. The fourth-order valence-corrected chi connectivity index (χ4v) is 11.9. The zero-order chi connectivity index (χ0) is 45.7. The van der Waals surface area contributed by atoms with Crippen molar-refractivity contribution in [3.05, 3.63) is 253 Å². The number of hydrogen-bond acceptors (Lipinski definition) is 2. The van der Waals surface area contributed by atoms with Gasteiger partial charge in [-0.3, -0.25) is 0 Å². The van der Waals surface area contributed by atoms with Crippen molar-refractivity contribution in [1.82, 2.24) is 0 Å². The van der Waals surface area contributed by atoms with Gasteiger partial charge in [0.2, 0.25) is 0 Å². The van der Waals surface area contributed by atoms with Crippen LogP contribution in [0.25, 0.3) is 65.7 Å². The molecule has 2 heterocycles. The molecule has 0 saturated heterocycles. The van der Waals surface area contributed by atoms with E-state index in [0.29, 0.717) is 0 Å². The molecule has 0 fully saturated rings. The number of rotatable bonds is 5. The van der Waals surface area contributed by atoms with Crippen molar-refractivity contribution < 1.29 is 0 Å². The van der Waals surface area contributed by atoms with E-state index in [1.54, 1.807) is 0 Å². The van der Waals surface area contributed by atoms with E-state index >= 15 is 0 Å². The Morgan fingerprint density at radius 1 is 0.279 bits per heavy atom. The molecule has 11 aromatic carbocycles. The molecule has 0 amide bonds. The normalized spacial score (nSPS) is 14.4. The Morgan fingerprint density at radius 2 is 0.618 bits per heavy atom. The molecule has 0 N–H and O–H groups in total. The molecule has 11 aromatic rings. The quantitative estimate of drug-likeness (QED) is 0.159. The molecule has 2 aliphatic rings. The lowest BCUT2D eigenvalue weighted by molar-refractivity contribution is 0.632. The molecule has 0 atom stereocenters. The Morgan fingerprint density at radius 3 is 1.03 bits per heavy atom. The maximum absolute atomic E-state index is 2.50. The van der Waals surface area contributed by atoms with Gasteiger partial charge in [0.05, 0.1) is 22.7 Å². The summed E-state index contributed by atoms with van der Waals surface area (Å²) in [5.74, 6) is 0. The number of fused-ring (bicyclic) bond motifs is 10. The summed E-state index contributed by atoms with van der Waals surface area (Å²) in [6.07, 6.45) is 0. The van der Waals surface area contributed by atoms with Crippen molar-refractivity contribution in [3.63, 3.8) is 0 Å². The molecule has 0 spiro atoms. The summed E-state index contributed by atoms with van der Waals surface area (Å²) in [6, 6.07) is 86.0. The smallest absolute Gasteiger partial charge is 0.0502 e. The van der Waals surface area contributed by atoms with E-state index in [1.165, 1.54) is 111 Å². The third-order valence-electron chi connectivity index (χ3n) is 15.2. The van der Waals surface area contributed by atoms with Crippen LogP contribution in [-0.2, 0) is 10.8 Å². The lowest BCUT2D eigenvalue weighted by atomic mass is 9.73. The van der Waals surface area contributed by atoms with Crippen molar-refractivity contribution in [1.29, 1.82) is 0 Å². The van der Waals surface area contributed by atoms with Gasteiger partial charge in [0, 0.05) is 22.2 Å². The third-order valence-corrected chi connectivity index (χ3v) is 15.2. The lowest BCUT2D eigenvalue weighted by Crippen LogP contribution is -2.30. The number of nitrogens with zero attached hydrogens (tertiary/aromatic N) is 2. The number of benzene rings is 11. The summed E-state index contributed by atoms with van der Waals surface area (Å²) in [6.45, 7) is 9.45. The number of hydrogen-bond donors (Lipinski definition) is 0. The van der Waals surface area contributed by atoms with E-state index in [-0.39, 0.29) is 10.8 Å². The van der Waals surface area contributed by atoms with Gasteiger partial charge in [-0.1, -0.05) is 204 Å². The van der Waals surface area contributed by atoms with Crippen LogP contribution < -0.4 is 9.80 Å². The molecule has 2 aliphatic heterocycles. The van der Waals surface area contributed by atoms with Gasteiger partial charge in [-0.2, -0.15) is 0 Å². The molecular weight excluding hydrogens is 821 g/mol. The van der Waals surface area contributed by atoms with Crippen LogP contribution >= 0.6 is 0 Å². The minimum atomic E-state index is -0.166. The Hall–Kier alpha value is -8.20. The maximum atomic E-state index is 2.50. The van der Waals surface area contributed by atoms with E-state index in [2.05, 4.69) is 268 Å². The highest BCUT2D eigenvalue weighted by molar-refractivity contribution is 6.33. The van der Waals surface area contributed by atoms with Crippen LogP contribution in [0.1, 0.15) is 49.9 Å². The molecule has 0 radical (unpaired) electrons. The molecule has 0 aromatic heterocycles. The summed E-state index contributed by atoms with van der Waals surface area (Å²) in [5, 5.41) is 7.40.